The van der Waals surface area contributed by atoms with Crippen LogP contribution in [0.4, 0.5) is 10.5 Å². The van der Waals surface area contributed by atoms with E-state index in [2.05, 4.69) is 10.6 Å². The summed E-state index contributed by atoms with van der Waals surface area (Å²) >= 11 is 0. The Morgan fingerprint density at radius 1 is 1.15 bits per heavy atom. The number of carbonyl (C=O) groups excluding carboxylic acids is 2. The summed E-state index contributed by atoms with van der Waals surface area (Å²) in [6.07, 6.45) is 3.24. The van der Waals surface area contributed by atoms with Crippen LogP contribution < -0.4 is 10.6 Å². The Kier molecular flexibility index (Phi) is 7.45. The first-order valence-corrected chi connectivity index (χ1v) is 9.25. The van der Waals surface area contributed by atoms with E-state index >= 15 is 0 Å². The average molecular weight is 362 g/mol. The second kappa shape index (κ2) is 9.57. The Labute approximate surface area is 155 Å². The molecule has 1 aliphatic rings. The number of hydrogen-bond acceptors (Lipinski definition) is 4. The number of rotatable bonds is 9. The largest absolute Gasteiger partial charge is 0.444 e. The summed E-state index contributed by atoms with van der Waals surface area (Å²) in [6, 6.07) is 7.17. The van der Waals surface area contributed by atoms with E-state index in [1.807, 2.05) is 32.9 Å². The van der Waals surface area contributed by atoms with Gasteiger partial charge in [0.05, 0.1) is 6.42 Å². The number of anilines is 1. The van der Waals surface area contributed by atoms with Crippen LogP contribution in [0.2, 0.25) is 0 Å². The fourth-order valence-electron chi connectivity index (χ4n) is 2.31. The molecule has 0 bridgehead atoms. The normalized spacial score (nSPS) is 14.0. The number of nitrogens with one attached hydrogen (secondary N) is 2. The minimum atomic E-state index is -0.537. The van der Waals surface area contributed by atoms with Crippen LogP contribution in [0.15, 0.2) is 24.3 Å². The molecule has 1 fully saturated rings. The molecule has 0 heterocycles. The summed E-state index contributed by atoms with van der Waals surface area (Å²) in [4.78, 5) is 23.7. The van der Waals surface area contributed by atoms with Crippen molar-refractivity contribution in [2.75, 3.05) is 25.1 Å². The average Bonchev–Trinajstić information content (AvgIpc) is 3.35. The van der Waals surface area contributed by atoms with Gasteiger partial charge in [-0.1, -0.05) is 12.1 Å². The summed E-state index contributed by atoms with van der Waals surface area (Å²) in [6.45, 7) is 7.62. The third-order valence-corrected chi connectivity index (χ3v) is 3.80. The number of amides is 2. The fraction of sp³-hybridized carbons (Fsp3) is 0.600. The first-order valence-electron chi connectivity index (χ1n) is 9.25. The van der Waals surface area contributed by atoms with E-state index in [0.717, 1.165) is 24.5 Å². The molecule has 144 valence electrons. The van der Waals surface area contributed by atoms with Crippen molar-refractivity contribution < 1.29 is 19.1 Å². The lowest BCUT2D eigenvalue weighted by Crippen LogP contribution is -2.27. The van der Waals surface area contributed by atoms with Gasteiger partial charge in [-0.25, -0.2) is 4.79 Å². The Hall–Kier alpha value is -2.08. The van der Waals surface area contributed by atoms with Crippen molar-refractivity contribution in [1.82, 2.24) is 5.32 Å². The zero-order chi connectivity index (χ0) is 19.0. The monoisotopic (exact) mass is 362 g/mol. The molecule has 2 rings (SSSR count). The van der Waals surface area contributed by atoms with E-state index in [9.17, 15) is 9.59 Å². The molecule has 0 radical (unpaired) electrons. The Morgan fingerprint density at radius 2 is 1.85 bits per heavy atom. The SMILES string of the molecule is CC(C)(C)OC(=O)Nc1ccc(CC(=O)NCCCOCC2CC2)cc1. The first-order chi connectivity index (χ1) is 12.3. The van der Waals surface area contributed by atoms with Gasteiger partial charge in [0.1, 0.15) is 5.60 Å². The number of ether oxygens (including phenoxy) is 2. The lowest BCUT2D eigenvalue weighted by molar-refractivity contribution is -0.120. The van der Waals surface area contributed by atoms with E-state index in [4.69, 9.17) is 9.47 Å². The highest BCUT2D eigenvalue weighted by Crippen LogP contribution is 2.28. The maximum atomic E-state index is 11.9. The Balaban J connectivity index is 1.62. The molecule has 1 aliphatic carbocycles. The lowest BCUT2D eigenvalue weighted by Gasteiger charge is -2.19. The minimum absolute atomic E-state index is 0.0138. The van der Waals surface area contributed by atoms with Crippen molar-refractivity contribution in [2.24, 2.45) is 5.92 Å². The first kappa shape index (κ1) is 20.2. The van der Waals surface area contributed by atoms with E-state index in [0.29, 0.717) is 25.3 Å². The molecule has 2 N–H and O–H groups in total. The van der Waals surface area contributed by atoms with Crippen LogP contribution in [0.3, 0.4) is 0 Å². The molecule has 0 aliphatic heterocycles. The van der Waals surface area contributed by atoms with Gasteiger partial charge in [0.15, 0.2) is 0 Å². The van der Waals surface area contributed by atoms with Gasteiger partial charge in [-0.05, 0) is 63.6 Å². The fourth-order valence-corrected chi connectivity index (χ4v) is 2.31. The van der Waals surface area contributed by atoms with Crippen LogP contribution in [0.1, 0.15) is 45.6 Å². The van der Waals surface area contributed by atoms with Gasteiger partial charge in [0, 0.05) is 25.4 Å². The summed E-state index contributed by atoms with van der Waals surface area (Å²) in [5.74, 6) is 0.761. The maximum absolute atomic E-state index is 11.9. The van der Waals surface area contributed by atoms with Crippen molar-refractivity contribution in [3.63, 3.8) is 0 Å². The molecule has 0 spiro atoms. The molecule has 0 aromatic heterocycles. The quantitative estimate of drug-likeness (QED) is 0.659. The summed E-state index contributed by atoms with van der Waals surface area (Å²) in [5, 5.41) is 5.57. The van der Waals surface area contributed by atoms with Gasteiger partial charge < -0.3 is 14.8 Å². The number of benzene rings is 1. The number of hydrogen-bond donors (Lipinski definition) is 2. The van der Waals surface area contributed by atoms with Crippen LogP contribution in [0, 0.1) is 5.92 Å². The van der Waals surface area contributed by atoms with Crippen molar-refractivity contribution >= 4 is 17.7 Å². The van der Waals surface area contributed by atoms with Gasteiger partial charge in [0.25, 0.3) is 0 Å². The molecule has 0 atom stereocenters. The second-order valence-electron chi connectivity index (χ2n) is 7.72. The third kappa shape index (κ3) is 8.85. The van der Waals surface area contributed by atoms with Crippen molar-refractivity contribution in [3.05, 3.63) is 29.8 Å². The highest BCUT2D eigenvalue weighted by Gasteiger charge is 2.20. The van der Waals surface area contributed by atoms with E-state index < -0.39 is 11.7 Å². The second-order valence-corrected chi connectivity index (χ2v) is 7.72. The van der Waals surface area contributed by atoms with Crippen LogP contribution in [-0.4, -0.2) is 37.4 Å². The molecule has 0 unspecified atom stereocenters. The molecular weight excluding hydrogens is 332 g/mol. The molecule has 6 heteroatoms. The predicted octanol–water partition coefficient (Wildman–Crippen LogP) is 3.51. The van der Waals surface area contributed by atoms with E-state index in [-0.39, 0.29) is 5.91 Å². The van der Waals surface area contributed by atoms with Crippen LogP contribution >= 0.6 is 0 Å². The van der Waals surface area contributed by atoms with Crippen LogP contribution in [0.25, 0.3) is 0 Å². The van der Waals surface area contributed by atoms with Crippen LogP contribution in [0.5, 0.6) is 0 Å². The van der Waals surface area contributed by atoms with Gasteiger partial charge in [-0.2, -0.15) is 0 Å². The van der Waals surface area contributed by atoms with Crippen molar-refractivity contribution in [2.45, 2.75) is 52.1 Å². The molecule has 6 nitrogen and oxygen atoms in total. The molecule has 1 aromatic rings. The molecule has 1 saturated carbocycles. The van der Waals surface area contributed by atoms with Gasteiger partial charge >= 0.3 is 6.09 Å². The molecule has 2 amide bonds. The zero-order valence-corrected chi connectivity index (χ0v) is 16.0. The third-order valence-electron chi connectivity index (χ3n) is 3.80. The summed E-state index contributed by atoms with van der Waals surface area (Å²) in [7, 11) is 0. The Bertz CT molecular complexity index is 589. The van der Waals surface area contributed by atoms with Gasteiger partial charge in [0.2, 0.25) is 5.91 Å². The lowest BCUT2D eigenvalue weighted by atomic mass is 10.1. The molecule has 1 aromatic carbocycles. The maximum Gasteiger partial charge on any atom is 0.412 e. The highest BCUT2D eigenvalue weighted by atomic mass is 16.6. The van der Waals surface area contributed by atoms with E-state index in [1.165, 1.54) is 12.8 Å². The molecule has 26 heavy (non-hydrogen) atoms. The summed E-state index contributed by atoms with van der Waals surface area (Å²) < 4.78 is 10.7. The minimum Gasteiger partial charge on any atom is -0.444 e. The molecule has 0 saturated heterocycles. The molecular formula is C20H30N2O4. The Morgan fingerprint density at radius 3 is 2.46 bits per heavy atom. The van der Waals surface area contributed by atoms with Crippen molar-refractivity contribution in [1.29, 1.82) is 0 Å². The smallest absolute Gasteiger partial charge is 0.412 e. The highest BCUT2D eigenvalue weighted by molar-refractivity contribution is 5.85. The van der Waals surface area contributed by atoms with E-state index in [1.54, 1.807) is 12.1 Å². The predicted molar refractivity (Wildman–Crippen MR) is 101 cm³/mol. The zero-order valence-electron chi connectivity index (χ0n) is 16.0. The topological polar surface area (TPSA) is 76.7 Å². The van der Waals surface area contributed by atoms with Crippen LogP contribution in [-0.2, 0) is 20.7 Å². The number of carbonyl (C=O) groups is 2. The summed E-state index contributed by atoms with van der Waals surface area (Å²) in [5.41, 5.74) is 0.990. The van der Waals surface area contributed by atoms with Gasteiger partial charge in [-0.3, -0.25) is 10.1 Å². The van der Waals surface area contributed by atoms with Crippen molar-refractivity contribution in [3.8, 4) is 0 Å². The van der Waals surface area contributed by atoms with Gasteiger partial charge in [-0.15, -0.1) is 0 Å². The standard InChI is InChI=1S/C20H30N2O4/c1-20(2,3)26-19(24)22-17-9-7-15(8-10-17)13-18(23)21-11-4-12-25-14-16-5-6-16/h7-10,16H,4-6,11-14H2,1-3H3,(H,21,23)(H,22,24).